The molecule has 5 heteroatoms. The maximum Gasteiger partial charge on any atom is 0.138 e. The quantitative estimate of drug-likeness (QED) is 0.758. The molecule has 1 aromatic heterocycles. The number of nitrogens with one attached hydrogen (secondary N) is 1. The van der Waals surface area contributed by atoms with Crippen LogP contribution in [0.5, 0.6) is 0 Å². The molecule has 3 rings (SSSR count). The van der Waals surface area contributed by atoms with Crippen molar-refractivity contribution in [3.05, 3.63) is 46.9 Å². The Labute approximate surface area is 130 Å². The van der Waals surface area contributed by atoms with Gasteiger partial charge in [-0.3, -0.25) is 0 Å². The molecule has 1 N–H and O–H groups in total. The Morgan fingerprint density at radius 2 is 1.95 bits per heavy atom. The molecular formula is C16H15BrFN3. The molecule has 0 atom stereocenters. The molecule has 0 spiro atoms. The van der Waals surface area contributed by atoms with Gasteiger partial charge >= 0.3 is 0 Å². The fraction of sp³-hybridized carbons (Fsp3) is 0.188. The molecule has 0 aliphatic heterocycles. The van der Waals surface area contributed by atoms with E-state index in [1.165, 1.54) is 0 Å². The van der Waals surface area contributed by atoms with Crippen molar-refractivity contribution >= 4 is 32.7 Å². The number of alkyl halides is 1. The Kier molecular flexibility index (Phi) is 3.92. The number of fused-ring (bicyclic) bond motifs is 1. The summed E-state index contributed by atoms with van der Waals surface area (Å²) in [5, 5.41) is 0. The lowest BCUT2D eigenvalue weighted by Crippen LogP contribution is -2.19. The van der Waals surface area contributed by atoms with Crippen LogP contribution in [0.4, 0.5) is 10.1 Å². The number of nitrogens with zero attached hydrogens (tertiary/aromatic N) is 2. The topological polar surface area (TPSA) is 31.9 Å². The zero-order valence-corrected chi connectivity index (χ0v) is 13.2. The number of anilines is 1. The van der Waals surface area contributed by atoms with E-state index in [0.29, 0.717) is 6.54 Å². The molecule has 0 aliphatic rings. The number of benzene rings is 2. The molecule has 3 aromatic rings. The summed E-state index contributed by atoms with van der Waals surface area (Å²) in [6, 6.07) is 13.9. The lowest BCUT2D eigenvalue weighted by Gasteiger charge is -2.17. The third kappa shape index (κ3) is 2.93. The first-order chi connectivity index (χ1) is 10.2. The van der Waals surface area contributed by atoms with Crippen LogP contribution >= 0.6 is 15.9 Å². The monoisotopic (exact) mass is 347 g/mol. The third-order valence-electron chi connectivity index (χ3n) is 3.45. The van der Waals surface area contributed by atoms with E-state index in [9.17, 15) is 4.39 Å². The largest absolute Gasteiger partial charge is 0.372 e. The van der Waals surface area contributed by atoms with E-state index in [2.05, 4.69) is 25.9 Å². The number of halogens is 2. The first-order valence-corrected chi connectivity index (χ1v) is 7.49. The van der Waals surface area contributed by atoms with Crippen LogP contribution in [0.25, 0.3) is 22.4 Å². The highest BCUT2D eigenvalue weighted by molar-refractivity contribution is 9.10. The van der Waals surface area contributed by atoms with Crippen LogP contribution in [0.1, 0.15) is 0 Å². The minimum Gasteiger partial charge on any atom is -0.372 e. The number of hydrogen-bond acceptors (Lipinski definition) is 2. The molecule has 0 unspecified atom stereocenters. The highest BCUT2D eigenvalue weighted by Gasteiger charge is 2.07. The summed E-state index contributed by atoms with van der Waals surface area (Å²) >= 11 is 3.45. The molecule has 0 saturated heterocycles. The lowest BCUT2D eigenvalue weighted by molar-refractivity contribution is 0.497. The zero-order chi connectivity index (χ0) is 14.8. The average Bonchev–Trinajstić information content (AvgIpc) is 2.90. The van der Waals surface area contributed by atoms with Gasteiger partial charge in [-0.2, -0.15) is 0 Å². The Morgan fingerprint density at radius 3 is 2.67 bits per heavy atom. The summed E-state index contributed by atoms with van der Waals surface area (Å²) in [5.41, 5.74) is 3.94. The molecule has 0 aliphatic carbocycles. The summed E-state index contributed by atoms with van der Waals surface area (Å²) in [4.78, 5) is 9.79. The normalized spacial score (nSPS) is 11.0. The summed E-state index contributed by atoms with van der Waals surface area (Å²) in [6.07, 6.45) is 0. The molecule has 21 heavy (non-hydrogen) atoms. The van der Waals surface area contributed by atoms with Gasteiger partial charge in [-0.15, -0.1) is 0 Å². The number of imidazole rings is 1. The predicted octanol–water partition coefficient (Wildman–Crippen LogP) is 4.40. The zero-order valence-electron chi connectivity index (χ0n) is 11.6. The number of aromatic amines is 1. The molecule has 1 heterocycles. The van der Waals surface area contributed by atoms with Crippen molar-refractivity contribution in [2.24, 2.45) is 0 Å². The fourth-order valence-corrected chi connectivity index (χ4v) is 2.61. The molecule has 108 valence electrons. The van der Waals surface area contributed by atoms with Crippen molar-refractivity contribution in [1.82, 2.24) is 9.97 Å². The number of hydrogen-bond donors (Lipinski definition) is 1. The van der Waals surface area contributed by atoms with E-state index in [1.807, 2.05) is 54.4 Å². The van der Waals surface area contributed by atoms with E-state index in [4.69, 9.17) is 0 Å². The highest BCUT2D eigenvalue weighted by atomic mass is 79.9. The number of aromatic nitrogens is 2. The van der Waals surface area contributed by atoms with E-state index in [1.54, 1.807) is 0 Å². The predicted molar refractivity (Wildman–Crippen MR) is 88.5 cm³/mol. The standard InChI is InChI=1S/C16H15BrFN3/c1-21(9-8-18)13-5-2-11(3-6-13)16-19-14-7-4-12(17)10-15(14)20-16/h2-7,10H,8-9H2,1H3,(H,19,20). The van der Waals surface area contributed by atoms with Gasteiger partial charge in [-0.25, -0.2) is 9.37 Å². The van der Waals surface area contributed by atoms with Crippen LogP contribution in [-0.4, -0.2) is 30.2 Å². The molecular weight excluding hydrogens is 333 g/mol. The molecule has 0 saturated carbocycles. The van der Waals surface area contributed by atoms with Gasteiger partial charge in [0.05, 0.1) is 11.0 Å². The van der Waals surface area contributed by atoms with Gasteiger partial charge < -0.3 is 9.88 Å². The molecule has 2 aromatic carbocycles. The summed E-state index contributed by atoms with van der Waals surface area (Å²) in [7, 11) is 1.88. The van der Waals surface area contributed by atoms with E-state index >= 15 is 0 Å². The number of H-pyrrole nitrogens is 1. The van der Waals surface area contributed by atoms with Crippen LogP contribution in [0.2, 0.25) is 0 Å². The average molecular weight is 348 g/mol. The Balaban J connectivity index is 1.91. The van der Waals surface area contributed by atoms with Crippen LogP contribution in [-0.2, 0) is 0 Å². The van der Waals surface area contributed by atoms with Gasteiger partial charge in [0.25, 0.3) is 0 Å². The highest BCUT2D eigenvalue weighted by Crippen LogP contribution is 2.24. The van der Waals surface area contributed by atoms with Crippen LogP contribution in [0, 0.1) is 0 Å². The van der Waals surface area contributed by atoms with Crippen molar-refractivity contribution in [3.63, 3.8) is 0 Å². The van der Waals surface area contributed by atoms with E-state index in [-0.39, 0.29) is 6.67 Å². The van der Waals surface area contributed by atoms with Crippen molar-refractivity contribution in [3.8, 4) is 11.4 Å². The van der Waals surface area contributed by atoms with Crippen LogP contribution in [0.3, 0.4) is 0 Å². The van der Waals surface area contributed by atoms with Crippen LogP contribution < -0.4 is 4.90 Å². The minimum absolute atomic E-state index is 0.350. The summed E-state index contributed by atoms with van der Waals surface area (Å²) in [5.74, 6) is 0.836. The van der Waals surface area contributed by atoms with Crippen molar-refractivity contribution in [1.29, 1.82) is 0 Å². The van der Waals surface area contributed by atoms with Gasteiger partial charge in [0, 0.05) is 29.3 Å². The summed E-state index contributed by atoms with van der Waals surface area (Å²) in [6.45, 7) is 0.0503. The third-order valence-corrected chi connectivity index (χ3v) is 3.94. The second kappa shape index (κ2) is 5.85. The van der Waals surface area contributed by atoms with Crippen molar-refractivity contribution in [2.45, 2.75) is 0 Å². The fourth-order valence-electron chi connectivity index (χ4n) is 2.25. The van der Waals surface area contributed by atoms with Gasteiger partial charge in [0.15, 0.2) is 0 Å². The smallest absolute Gasteiger partial charge is 0.138 e. The van der Waals surface area contributed by atoms with Crippen molar-refractivity contribution in [2.75, 3.05) is 25.2 Å². The summed E-state index contributed by atoms with van der Waals surface area (Å²) < 4.78 is 13.4. The first kappa shape index (κ1) is 14.1. The Hall–Kier alpha value is -1.88. The van der Waals surface area contributed by atoms with E-state index < -0.39 is 0 Å². The maximum absolute atomic E-state index is 12.4. The molecule has 0 amide bonds. The van der Waals surface area contributed by atoms with Gasteiger partial charge in [-0.05, 0) is 42.5 Å². The van der Waals surface area contributed by atoms with E-state index in [0.717, 1.165) is 32.6 Å². The van der Waals surface area contributed by atoms with Crippen LogP contribution in [0.15, 0.2) is 46.9 Å². The molecule has 0 radical (unpaired) electrons. The minimum atomic E-state index is -0.350. The van der Waals surface area contributed by atoms with Gasteiger partial charge in [0.1, 0.15) is 12.5 Å². The van der Waals surface area contributed by atoms with Gasteiger partial charge in [0.2, 0.25) is 0 Å². The SMILES string of the molecule is CN(CCF)c1ccc(-c2nc3ccc(Br)cc3[nH]2)cc1. The first-order valence-electron chi connectivity index (χ1n) is 6.70. The molecule has 0 bridgehead atoms. The van der Waals surface area contributed by atoms with Crippen molar-refractivity contribution < 1.29 is 4.39 Å². The second-order valence-corrected chi connectivity index (χ2v) is 5.82. The molecule has 0 fully saturated rings. The maximum atomic E-state index is 12.4. The lowest BCUT2D eigenvalue weighted by atomic mass is 10.2. The second-order valence-electron chi connectivity index (χ2n) is 4.90. The number of rotatable bonds is 4. The van der Waals surface area contributed by atoms with Gasteiger partial charge in [-0.1, -0.05) is 15.9 Å². The Morgan fingerprint density at radius 1 is 1.19 bits per heavy atom. The molecule has 3 nitrogen and oxygen atoms in total. The Bertz CT molecular complexity index is 752.